The van der Waals surface area contributed by atoms with Gasteiger partial charge in [-0.1, -0.05) is 24.3 Å². The van der Waals surface area contributed by atoms with Crippen LogP contribution in [0.1, 0.15) is 16.7 Å². The molecule has 4 nitrogen and oxygen atoms in total. The number of carbonyl (C=O) groups excluding carboxylic acids is 1. The molecule has 0 spiro atoms. The molecule has 0 atom stereocenters. The Labute approximate surface area is 143 Å². The Morgan fingerprint density at radius 1 is 1.08 bits per heavy atom. The minimum atomic E-state index is -4.72. The third kappa shape index (κ3) is 6.02. The van der Waals surface area contributed by atoms with Crippen molar-refractivity contribution in [2.75, 3.05) is 7.11 Å². The van der Waals surface area contributed by atoms with Gasteiger partial charge in [0.25, 0.3) is 0 Å². The van der Waals surface area contributed by atoms with E-state index in [1.54, 1.807) is 13.2 Å². The fraction of sp³-hybridized carbons (Fsp3) is 0.278. The van der Waals surface area contributed by atoms with Crippen LogP contribution in [0.2, 0.25) is 0 Å². The van der Waals surface area contributed by atoms with Gasteiger partial charge in [-0.25, -0.2) is 0 Å². The molecule has 2 aromatic rings. The van der Waals surface area contributed by atoms with E-state index in [1.807, 2.05) is 19.1 Å². The van der Waals surface area contributed by atoms with Crippen molar-refractivity contribution in [3.8, 4) is 11.5 Å². The van der Waals surface area contributed by atoms with E-state index in [0.717, 1.165) is 11.1 Å². The zero-order valence-electron chi connectivity index (χ0n) is 13.8. The maximum atomic E-state index is 12.1. The molecule has 25 heavy (non-hydrogen) atoms. The fourth-order valence-electron chi connectivity index (χ4n) is 2.23. The smallest absolute Gasteiger partial charge is 0.496 e. The van der Waals surface area contributed by atoms with Gasteiger partial charge in [0.15, 0.2) is 0 Å². The van der Waals surface area contributed by atoms with Crippen molar-refractivity contribution in [2.24, 2.45) is 0 Å². The predicted molar refractivity (Wildman–Crippen MR) is 86.4 cm³/mol. The molecule has 0 fully saturated rings. The summed E-state index contributed by atoms with van der Waals surface area (Å²) in [6.45, 7) is 2.13. The van der Waals surface area contributed by atoms with Crippen LogP contribution in [0.5, 0.6) is 11.5 Å². The van der Waals surface area contributed by atoms with E-state index in [0.29, 0.717) is 11.3 Å². The van der Waals surface area contributed by atoms with E-state index in [1.165, 1.54) is 24.3 Å². The SMILES string of the molecule is COc1cc(CC(=O)NCc2ccc(OC(F)(F)F)cc2)ccc1C. The number of amides is 1. The number of carbonyl (C=O) groups is 1. The van der Waals surface area contributed by atoms with Gasteiger partial charge >= 0.3 is 6.36 Å². The van der Waals surface area contributed by atoms with Crippen molar-refractivity contribution < 1.29 is 27.4 Å². The average Bonchev–Trinajstić information content (AvgIpc) is 2.54. The highest BCUT2D eigenvalue weighted by molar-refractivity contribution is 5.78. The molecular formula is C18H18F3NO3. The van der Waals surface area contributed by atoms with Crippen LogP contribution in [-0.4, -0.2) is 19.4 Å². The van der Waals surface area contributed by atoms with Gasteiger partial charge < -0.3 is 14.8 Å². The maximum Gasteiger partial charge on any atom is 0.573 e. The van der Waals surface area contributed by atoms with Crippen molar-refractivity contribution in [2.45, 2.75) is 26.3 Å². The lowest BCUT2D eigenvalue weighted by Gasteiger charge is -2.10. The van der Waals surface area contributed by atoms with Crippen molar-refractivity contribution in [1.29, 1.82) is 0 Å². The van der Waals surface area contributed by atoms with E-state index in [-0.39, 0.29) is 24.6 Å². The molecule has 0 radical (unpaired) electrons. The molecule has 134 valence electrons. The molecule has 0 bridgehead atoms. The standard InChI is InChI=1S/C18H18F3NO3/c1-12-3-4-14(9-16(12)24-2)10-17(23)22-11-13-5-7-15(8-6-13)25-18(19,20)21/h3-9H,10-11H2,1-2H3,(H,22,23). The topological polar surface area (TPSA) is 47.6 Å². The highest BCUT2D eigenvalue weighted by Crippen LogP contribution is 2.23. The van der Waals surface area contributed by atoms with E-state index in [2.05, 4.69) is 10.1 Å². The Hall–Kier alpha value is -2.70. The molecule has 0 aliphatic rings. The van der Waals surface area contributed by atoms with Crippen LogP contribution in [0.3, 0.4) is 0 Å². The number of hydrogen-bond acceptors (Lipinski definition) is 3. The molecule has 2 rings (SSSR count). The highest BCUT2D eigenvalue weighted by atomic mass is 19.4. The number of halogens is 3. The molecule has 1 amide bonds. The second-order valence-corrected chi connectivity index (χ2v) is 5.45. The molecule has 0 heterocycles. The molecule has 2 aromatic carbocycles. The number of rotatable bonds is 6. The second-order valence-electron chi connectivity index (χ2n) is 5.45. The van der Waals surface area contributed by atoms with Crippen molar-refractivity contribution in [3.63, 3.8) is 0 Å². The number of nitrogens with one attached hydrogen (secondary N) is 1. The molecule has 0 aromatic heterocycles. The summed E-state index contributed by atoms with van der Waals surface area (Å²) < 4.78 is 45.3. The summed E-state index contributed by atoms with van der Waals surface area (Å²) >= 11 is 0. The van der Waals surface area contributed by atoms with Crippen LogP contribution in [-0.2, 0) is 17.8 Å². The van der Waals surface area contributed by atoms with Gasteiger partial charge in [0.05, 0.1) is 13.5 Å². The minimum Gasteiger partial charge on any atom is -0.496 e. The Bertz CT molecular complexity index is 727. The molecule has 0 unspecified atom stereocenters. The zero-order valence-corrected chi connectivity index (χ0v) is 13.8. The third-order valence-electron chi connectivity index (χ3n) is 3.48. The van der Waals surface area contributed by atoms with Gasteiger partial charge in [0.2, 0.25) is 5.91 Å². The van der Waals surface area contributed by atoms with Gasteiger partial charge in [0.1, 0.15) is 11.5 Å². The second kappa shape index (κ2) is 7.92. The first-order valence-electron chi connectivity index (χ1n) is 7.52. The lowest BCUT2D eigenvalue weighted by atomic mass is 10.1. The summed E-state index contributed by atoms with van der Waals surface area (Å²) in [7, 11) is 1.57. The summed E-state index contributed by atoms with van der Waals surface area (Å²) in [5.74, 6) is 0.224. The summed E-state index contributed by atoms with van der Waals surface area (Å²) in [5, 5.41) is 2.72. The number of aryl methyl sites for hydroxylation is 1. The summed E-state index contributed by atoms with van der Waals surface area (Å²) in [4.78, 5) is 12.0. The van der Waals surface area contributed by atoms with Crippen LogP contribution in [0.25, 0.3) is 0 Å². The molecule has 0 aliphatic heterocycles. The Balaban J connectivity index is 1.87. The van der Waals surface area contributed by atoms with Crippen LogP contribution < -0.4 is 14.8 Å². The molecular weight excluding hydrogens is 335 g/mol. The van der Waals surface area contributed by atoms with Crippen LogP contribution in [0, 0.1) is 6.92 Å². The quantitative estimate of drug-likeness (QED) is 0.860. The Morgan fingerprint density at radius 2 is 1.72 bits per heavy atom. The van der Waals surface area contributed by atoms with E-state index < -0.39 is 6.36 Å². The third-order valence-corrected chi connectivity index (χ3v) is 3.48. The van der Waals surface area contributed by atoms with Gasteiger partial charge in [0, 0.05) is 6.54 Å². The molecule has 7 heteroatoms. The monoisotopic (exact) mass is 353 g/mol. The van der Waals surface area contributed by atoms with E-state index in [4.69, 9.17) is 4.74 Å². The first kappa shape index (κ1) is 18.6. The molecule has 0 aliphatic carbocycles. The minimum absolute atomic E-state index is 0.186. The Morgan fingerprint density at radius 3 is 2.32 bits per heavy atom. The molecule has 0 saturated carbocycles. The van der Waals surface area contributed by atoms with Crippen LogP contribution >= 0.6 is 0 Å². The van der Waals surface area contributed by atoms with Crippen LogP contribution in [0.4, 0.5) is 13.2 Å². The number of alkyl halides is 3. The van der Waals surface area contributed by atoms with Gasteiger partial charge in [-0.05, 0) is 41.8 Å². The number of hydrogen-bond donors (Lipinski definition) is 1. The van der Waals surface area contributed by atoms with Gasteiger partial charge in [-0.15, -0.1) is 13.2 Å². The van der Waals surface area contributed by atoms with Gasteiger partial charge in [-0.3, -0.25) is 4.79 Å². The lowest BCUT2D eigenvalue weighted by Crippen LogP contribution is -2.24. The fourth-order valence-corrected chi connectivity index (χ4v) is 2.23. The van der Waals surface area contributed by atoms with E-state index in [9.17, 15) is 18.0 Å². The lowest BCUT2D eigenvalue weighted by molar-refractivity contribution is -0.274. The van der Waals surface area contributed by atoms with E-state index >= 15 is 0 Å². The van der Waals surface area contributed by atoms with Crippen molar-refractivity contribution in [1.82, 2.24) is 5.32 Å². The normalized spacial score (nSPS) is 11.1. The molecule has 0 saturated heterocycles. The number of ether oxygens (including phenoxy) is 2. The molecule has 1 N–H and O–H groups in total. The van der Waals surface area contributed by atoms with Crippen molar-refractivity contribution >= 4 is 5.91 Å². The largest absolute Gasteiger partial charge is 0.573 e. The highest BCUT2D eigenvalue weighted by Gasteiger charge is 2.30. The zero-order chi connectivity index (χ0) is 18.4. The van der Waals surface area contributed by atoms with Crippen molar-refractivity contribution in [3.05, 3.63) is 59.2 Å². The number of benzene rings is 2. The summed E-state index contributed by atoms with van der Waals surface area (Å²) in [6, 6.07) is 10.9. The number of methoxy groups -OCH3 is 1. The average molecular weight is 353 g/mol. The first-order valence-corrected chi connectivity index (χ1v) is 7.52. The first-order chi connectivity index (χ1) is 11.8. The van der Waals surface area contributed by atoms with Gasteiger partial charge in [-0.2, -0.15) is 0 Å². The predicted octanol–water partition coefficient (Wildman–Crippen LogP) is 3.76. The van der Waals surface area contributed by atoms with Crippen LogP contribution in [0.15, 0.2) is 42.5 Å². The Kier molecular flexibility index (Phi) is 5.90. The summed E-state index contributed by atoms with van der Waals surface area (Å²) in [6.07, 6.45) is -4.53. The maximum absolute atomic E-state index is 12.1. The summed E-state index contributed by atoms with van der Waals surface area (Å²) in [5.41, 5.74) is 2.46.